The third-order valence-corrected chi connectivity index (χ3v) is 3.19. The highest BCUT2D eigenvalue weighted by Crippen LogP contribution is 2.20. The lowest BCUT2D eigenvalue weighted by Gasteiger charge is -1.99. The van der Waals surface area contributed by atoms with E-state index in [4.69, 9.17) is 16.0 Å². The summed E-state index contributed by atoms with van der Waals surface area (Å²) in [6.07, 6.45) is 1.25. The number of hydrogen-bond acceptors (Lipinski definition) is 5. The van der Waals surface area contributed by atoms with Gasteiger partial charge in [0.25, 0.3) is 11.6 Å². The predicted octanol–water partition coefficient (Wildman–Crippen LogP) is 3.22. The monoisotopic (exact) mass is 321 g/mol. The van der Waals surface area contributed by atoms with Crippen LogP contribution < -0.4 is 5.43 Å². The number of non-ortho nitro benzene ring substituents is 1. The molecule has 114 valence electrons. The van der Waals surface area contributed by atoms with E-state index < -0.39 is 10.8 Å². The van der Waals surface area contributed by atoms with Crippen molar-refractivity contribution in [1.82, 2.24) is 5.43 Å². The Bertz CT molecular complexity index is 767. The Kier molecular flexibility index (Phi) is 4.57. The molecule has 0 aliphatic carbocycles. The maximum absolute atomic E-state index is 11.9. The number of nitrogens with zero attached hydrogens (tertiary/aromatic N) is 2. The molecule has 2 aromatic rings. The van der Waals surface area contributed by atoms with E-state index >= 15 is 0 Å². The molecular formula is C14H12ClN3O4. The number of rotatable bonds is 4. The van der Waals surface area contributed by atoms with E-state index in [0.717, 1.165) is 0 Å². The second-order valence-electron chi connectivity index (χ2n) is 4.49. The van der Waals surface area contributed by atoms with E-state index in [-0.39, 0.29) is 5.69 Å². The first-order valence-electron chi connectivity index (χ1n) is 6.23. The van der Waals surface area contributed by atoms with Crippen LogP contribution in [0.15, 0.2) is 33.8 Å². The van der Waals surface area contributed by atoms with E-state index in [9.17, 15) is 14.9 Å². The summed E-state index contributed by atoms with van der Waals surface area (Å²) in [5, 5.41) is 14.8. The molecule has 0 saturated heterocycles. The number of amides is 1. The van der Waals surface area contributed by atoms with Crippen molar-refractivity contribution in [2.45, 2.75) is 13.8 Å². The predicted molar refractivity (Wildman–Crippen MR) is 81.3 cm³/mol. The maximum atomic E-state index is 11.9. The highest BCUT2D eigenvalue weighted by Gasteiger charge is 2.13. The lowest BCUT2D eigenvalue weighted by atomic mass is 10.2. The van der Waals surface area contributed by atoms with Crippen molar-refractivity contribution in [3.05, 3.63) is 62.0 Å². The van der Waals surface area contributed by atoms with E-state index in [0.29, 0.717) is 27.7 Å². The van der Waals surface area contributed by atoms with Crippen LogP contribution in [0.3, 0.4) is 0 Å². The fourth-order valence-electron chi connectivity index (χ4n) is 1.82. The zero-order valence-corrected chi connectivity index (χ0v) is 12.5. The van der Waals surface area contributed by atoms with Gasteiger partial charge in [0.1, 0.15) is 11.5 Å². The van der Waals surface area contributed by atoms with Crippen molar-refractivity contribution < 1.29 is 14.1 Å². The smallest absolute Gasteiger partial charge is 0.274 e. The number of nitro benzene ring substituents is 1. The van der Waals surface area contributed by atoms with Crippen LogP contribution in [0.2, 0.25) is 5.02 Å². The van der Waals surface area contributed by atoms with Crippen LogP contribution >= 0.6 is 11.6 Å². The van der Waals surface area contributed by atoms with Crippen molar-refractivity contribution >= 4 is 29.4 Å². The van der Waals surface area contributed by atoms with Gasteiger partial charge in [-0.1, -0.05) is 11.6 Å². The summed E-state index contributed by atoms with van der Waals surface area (Å²) >= 11 is 5.92. The minimum Gasteiger partial charge on any atom is -0.466 e. The zero-order valence-electron chi connectivity index (χ0n) is 11.8. The number of nitro groups is 1. The molecule has 1 aromatic carbocycles. The normalized spacial score (nSPS) is 10.9. The van der Waals surface area contributed by atoms with Gasteiger partial charge in [0.2, 0.25) is 0 Å². The van der Waals surface area contributed by atoms with Crippen LogP contribution in [0.4, 0.5) is 5.69 Å². The van der Waals surface area contributed by atoms with Crippen molar-refractivity contribution in [2.75, 3.05) is 0 Å². The summed E-state index contributed by atoms with van der Waals surface area (Å²) in [5.74, 6) is 0.666. The minimum atomic E-state index is -0.538. The number of carbonyl (C=O) groups is 1. The molecule has 0 radical (unpaired) electrons. The first kappa shape index (κ1) is 15.7. The van der Waals surface area contributed by atoms with Crippen LogP contribution in [-0.4, -0.2) is 17.0 Å². The molecule has 8 heteroatoms. The Balaban J connectivity index is 2.12. The average Bonchev–Trinajstić information content (AvgIpc) is 2.79. The number of hydrogen-bond donors (Lipinski definition) is 1. The molecule has 0 fully saturated rings. The Morgan fingerprint density at radius 1 is 1.41 bits per heavy atom. The topological polar surface area (TPSA) is 97.7 Å². The van der Waals surface area contributed by atoms with Gasteiger partial charge in [-0.3, -0.25) is 14.9 Å². The number of benzene rings is 1. The van der Waals surface area contributed by atoms with Gasteiger partial charge in [-0.15, -0.1) is 0 Å². The van der Waals surface area contributed by atoms with Crippen LogP contribution in [-0.2, 0) is 0 Å². The number of aryl methyl sites for hydroxylation is 2. The molecule has 0 saturated carbocycles. The Morgan fingerprint density at radius 2 is 2.14 bits per heavy atom. The zero-order chi connectivity index (χ0) is 16.3. The number of halogens is 1. The lowest BCUT2D eigenvalue weighted by molar-refractivity contribution is -0.384. The number of nitrogens with one attached hydrogen (secondary N) is 1. The Morgan fingerprint density at radius 3 is 2.73 bits per heavy atom. The molecule has 1 N–H and O–H groups in total. The molecular weight excluding hydrogens is 310 g/mol. The van der Waals surface area contributed by atoms with Gasteiger partial charge < -0.3 is 4.42 Å². The molecule has 22 heavy (non-hydrogen) atoms. The third-order valence-electron chi connectivity index (χ3n) is 2.85. The van der Waals surface area contributed by atoms with E-state index in [2.05, 4.69) is 10.5 Å². The van der Waals surface area contributed by atoms with Gasteiger partial charge in [-0.05, 0) is 26.0 Å². The molecule has 7 nitrogen and oxygen atoms in total. The largest absolute Gasteiger partial charge is 0.466 e. The van der Waals surface area contributed by atoms with Gasteiger partial charge in [0.15, 0.2) is 0 Å². The first-order chi connectivity index (χ1) is 10.4. The molecule has 0 unspecified atom stereocenters. The Labute approximate surface area is 130 Å². The molecule has 1 amide bonds. The second-order valence-corrected chi connectivity index (χ2v) is 4.90. The minimum absolute atomic E-state index is 0.113. The molecule has 0 bridgehead atoms. The molecule has 0 aliphatic rings. The summed E-state index contributed by atoms with van der Waals surface area (Å²) < 4.78 is 5.25. The summed E-state index contributed by atoms with van der Waals surface area (Å²) in [7, 11) is 0. The van der Waals surface area contributed by atoms with Gasteiger partial charge in [0.05, 0.1) is 16.7 Å². The highest BCUT2D eigenvalue weighted by atomic mass is 35.5. The standard InChI is InChI=1S/C14H12ClN3O4/c1-8-5-12(9(2)22-8)14(19)17-16-7-10-6-11(18(20)21)3-4-13(10)15/h3-7H,1-2H3,(H,17,19)/b16-7+. The van der Waals surface area contributed by atoms with E-state index in [1.807, 2.05) is 0 Å². The fraction of sp³-hybridized carbons (Fsp3) is 0.143. The molecule has 0 spiro atoms. The maximum Gasteiger partial charge on any atom is 0.274 e. The van der Waals surface area contributed by atoms with E-state index in [1.54, 1.807) is 19.9 Å². The van der Waals surface area contributed by atoms with Crippen LogP contribution in [0, 0.1) is 24.0 Å². The fourth-order valence-corrected chi connectivity index (χ4v) is 1.99. The van der Waals surface area contributed by atoms with E-state index in [1.165, 1.54) is 24.4 Å². The number of furan rings is 1. The molecule has 1 aromatic heterocycles. The molecule has 2 rings (SSSR count). The van der Waals surface area contributed by atoms with Crippen molar-refractivity contribution in [3.8, 4) is 0 Å². The van der Waals surface area contributed by atoms with Gasteiger partial charge in [0, 0.05) is 22.7 Å². The summed E-state index contributed by atoms with van der Waals surface area (Å²) in [5.41, 5.74) is 2.91. The quantitative estimate of drug-likeness (QED) is 0.531. The first-order valence-corrected chi connectivity index (χ1v) is 6.60. The average molecular weight is 322 g/mol. The summed E-state index contributed by atoms with van der Waals surface area (Å²) in [4.78, 5) is 22.1. The third kappa shape index (κ3) is 3.50. The van der Waals surface area contributed by atoms with Gasteiger partial charge in [-0.2, -0.15) is 5.10 Å². The van der Waals surface area contributed by atoms with Crippen LogP contribution in [0.1, 0.15) is 27.4 Å². The highest BCUT2D eigenvalue weighted by molar-refractivity contribution is 6.33. The molecule has 1 heterocycles. The van der Waals surface area contributed by atoms with Gasteiger partial charge in [-0.25, -0.2) is 5.43 Å². The van der Waals surface area contributed by atoms with Crippen LogP contribution in [0.25, 0.3) is 0 Å². The van der Waals surface area contributed by atoms with Crippen molar-refractivity contribution in [2.24, 2.45) is 5.10 Å². The SMILES string of the molecule is Cc1cc(C(=O)N/N=C/c2cc([N+](=O)[O-])ccc2Cl)c(C)o1. The van der Waals surface area contributed by atoms with Crippen LogP contribution in [0.5, 0.6) is 0 Å². The Hall–Kier alpha value is -2.67. The van der Waals surface area contributed by atoms with Crippen molar-refractivity contribution in [1.29, 1.82) is 0 Å². The number of hydrazone groups is 1. The second kappa shape index (κ2) is 6.40. The summed E-state index contributed by atoms with van der Waals surface area (Å²) in [6.45, 7) is 3.40. The molecule has 0 atom stereocenters. The molecule has 0 aliphatic heterocycles. The number of carbonyl (C=O) groups excluding carboxylic acids is 1. The van der Waals surface area contributed by atoms with Gasteiger partial charge >= 0.3 is 0 Å². The summed E-state index contributed by atoms with van der Waals surface area (Å²) in [6, 6.07) is 5.55. The lowest BCUT2D eigenvalue weighted by Crippen LogP contribution is -2.17. The van der Waals surface area contributed by atoms with Crippen molar-refractivity contribution in [3.63, 3.8) is 0 Å².